The zero-order valence-electron chi connectivity index (χ0n) is 15.4. The molecule has 2 N–H and O–H groups in total. The number of rotatable bonds is 3. The van der Waals surface area contributed by atoms with E-state index in [-0.39, 0.29) is 34.3 Å². The van der Waals surface area contributed by atoms with Crippen LogP contribution in [0, 0.1) is 27.3 Å². The molecule has 1 atom stereocenters. The number of nitriles is 1. The van der Waals surface area contributed by atoms with Crippen LogP contribution in [-0.2, 0) is 4.79 Å². The normalized spacial score (nSPS) is 19.0. The molecule has 30 heavy (non-hydrogen) atoms. The van der Waals surface area contributed by atoms with Crippen LogP contribution in [0.2, 0.25) is 0 Å². The molecule has 0 unspecified atom stereocenters. The molecule has 0 saturated carbocycles. The molecule has 4 rings (SSSR count). The van der Waals surface area contributed by atoms with Crippen LogP contribution in [0.15, 0.2) is 57.5 Å². The zero-order valence-corrected chi connectivity index (χ0v) is 17.8. The van der Waals surface area contributed by atoms with Gasteiger partial charge in [0, 0.05) is 33.1 Å². The topological polar surface area (TPSA) is 113 Å². The maximum absolute atomic E-state index is 14.8. The second-order valence-electron chi connectivity index (χ2n) is 6.85. The second-order valence-corrected chi connectivity index (χ2v) is 8.85. The molecule has 0 saturated heterocycles. The lowest BCUT2D eigenvalue weighted by Gasteiger charge is -2.39. The average molecular weight is 489 g/mol. The molecule has 10 heteroatoms. The highest BCUT2D eigenvalue weighted by atomic mass is 79.9. The summed E-state index contributed by atoms with van der Waals surface area (Å²) in [7, 11) is 0. The van der Waals surface area contributed by atoms with Crippen molar-refractivity contribution >= 4 is 43.7 Å². The van der Waals surface area contributed by atoms with E-state index < -0.39 is 16.7 Å². The van der Waals surface area contributed by atoms with Crippen molar-refractivity contribution in [1.29, 1.82) is 5.26 Å². The van der Waals surface area contributed by atoms with Crippen LogP contribution in [0.5, 0.6) is 0 Å². The summed E-state index contributed by atoms with van der Waals surface area (Å²) in [4.78, 5) is 25.5. The highest BCUT2D eigenvalue weighted by Crippen LogP contribution is 2.48. The van der Waals surface area contributed by atoms with Gasteiger partial charge in [0.05, 0.1) is 28.2 Å². The van der Waals surface area contributed by atoms with Gasteiger partial charge < -0.3 is 5.73 Å². The number of hydrogen-bond donors (Lipinski definition) is 1. The minimum absolute atomic E-state index is 0.0215. The molecule has 0 spiro atoms. The number of halogens is 2. The summed E-state index contributed by atoms with van der Waals surface area (Å²) < 4.78 is 15.3. The number of anilines is 1. The fourth-order valence-electron chi connectivity index (χ4n) is 3.90. The quantitative estimate of drug-likeness (QED) is 0.487. The summed E-state index contributed by atoms with van der Waals surface area (Å²) >= 11 is 4.12. The number of nitro groups is 1. The predicted molar refractivity (Wildman–Crippen MR) is 113 cm³/mol. The smallest absolute Gasteiger partial charge is 0.324 e. The van der Waals surface area contributed by atoms with E-state index >= 15 is 0 Å². The molecule has 1 aromatic heterocycles. The van der Waals surface area contributed by atoms with Gasteiger partial charge in [0.25, 0.3) is 0 Å². The highest BCUT2D eigenvalue weighted by molar-refractivity contribution is 9.10. The van der Waals surface area contributed by atoms with Crippen molar-refractivity contribution in [3.8, 4) is 6.07 Å². The van der Waals surface area contributed by atoms with E-state index in [1.807, 2.05) is 0 Å². The van der Waals surface area contributed by atoms with Gasteiger partial charge in [-0.05, 0) is 37.1 Å². The lowest BCUT2D eigenvalue weighted by molar-refractivity contribution is -0.380. The van der Waals surface area contributed by atoms with Crippen molar-refractivity contribution < 1.29 is 14.1 Å². The monoisotopic (exact) mass is 488 g/mol. The summed E-state index contributed by atoms with van der Waals surface area (Å²) in [5.74, 6) is -1.50. The second kappa shape index (κ2) is 7.66. The maximum atomic E-state index is 14.8. The van der Waals surface area contributed by atoms with E-state index in [9.17, 15) is 24.6 Å². The van der Waals surface area contributed by atoms with Gasteiger partial charge >= 0.3 is 5.00 Å². The predicted octanol–water partition coefficient (Wildman–Crippen LogP) is 4.86. The largest absolute Gasteiger partial charge is 0.384 e. The van der Waals surface area contributed by atoms with Gasteiger partial charge in [-0.1, -0.05) is 27.3 Å². The van der Waals surface area contributed by atoms with Gasteiger partial charge in [0.1, 0.15) is 11.6 Å². The summed E-state index contributed by atoms with van der Waals surface area (Å²) in [6, 6.07) is 9.41. The van der Waals surface area contributed by atoms with Crippen LogP contribution in [0.4, 0.5) is 15.1 Å². The van der Waals surface area contributed by atoms with Crippen molar-refractivity contribution in [3.05, 3.63) is 78.3 Å². The molecule has 1 aliphatic heterocycles. The van der Waals surface area contributed by atoms with Gasteiger partial charge in [-0.25, -0.2) is 4.39 Å². The van der Waals surface area contributed by atoms with E-state index in [4.69, 9.17) is 5.73 Å². The molecule has 0 radical (unpaired) electrons. The SMILES string of the molecule is N#CC1=C(N)N(c2ccc(Br)cc2F)C2=C(C(=O)CCC2)[C@@H]1c1ccc([N+](=O)[O-])s1. The number of Topliss-reactive ketones (excluding diaryl/α,β-unsaturated/α-hetero) is 1. The average Bonchev–Trinajstić information content (AvgIpc) is 3.18. The van der Waals surface area contributed by atoms with Crippen molar-refractivity contribution in [1.82, 2.24) is 0 Å². The Hall–Kier alpha value is -3.03. The first-order valence-corrected chi connectivity index (χ1v) is 10.6. The van der Waals surface area contributed by atoms with Crippen molar-refractivity contribution in [3.63, 3.8) is 0 Å². The van der Waals surface area contributed by atoms with Gasteiger partial charge in [-0.15, -0.1) is 0 Å². The van der Waals surface area contributed by atoms with Crippen LogP contribution in [0.25, 0.3) is 0 Å². The molecule has 7 nitrogen and oxygen atoms in total. The van der Waals surface area contributed by atoms with Gasteiger partial charge in [0.15, 0.2) is 5.78 Å². The first-order chi connectivity index (χ1) is 14.3. The Labute approximate surface area is 183 Å². The summed E-state index contributed by atoms with van der Waals surface area (Å²) in [5.41, 5.74) is 7.45. The van der Waals surface area contributed by atoms with Crippen molar-refractivity contribution in [2.24, 2.45) is 5.73 Å². The molecule has 0 fully saturated rings. The molecule has 0 amide bonds. The summed E-state index contributed by atoms with van der Waals surface area (Å²) in [5, 5.41) is 20.9. The zero-order chi connectivity index (χ0) is 21.6. The third-order valence-corrected chi connectivity index (χ3v) is 6.74. The number of nitrogens with two attached hydrogens (primary N) is 1. The molecular weight excluding hydrogens is 475 g/mol. The number of ketones is 1. The lowest BCUT2D eigenvalue weighted by Crippen LogP contribution is -2.39. The number of carbonyl (C=O) groups is 1. The number of carbonyl (C=O) groups excluding carboxylic acids is 1. The number of hydrogen-bond acceptors (Lipinski definition) is 7. The maximum Gasteiger partial charge on any atom is 0.324 e. The van der Waals surface area contributed by atoms with E-state index in [0.29, 0.717) is 33.5 Å². The number of allylic oxidation sites excluding steroid dienone is 3. The molecule has 152 valence electrons. The van der Waals surface area contributed by atoms with Crippen molar-refractivity contribution in [2.45, 2.75) is 25.2 Å². The molecular formula is C20H14BrFN4O3S. The highest BCUT2D eigenvalue weighted by Gasteiger charge is 2.41. The minimum atomic E-state index is -0.800. The van der Waals surface area contributed by atoms with Gasteiger partial charge in [-0.2, -0.15) is 5.26 Å². The van der Waals surface area contributed by atoms with Gasteiger partial charge in [0.2, 0.25) is 0 Å². The Morgan fingerprint density at radius 2 is 2.10 bits per heavy atom. The number of benzene rings is 1. The molecule has 1 aliphatic carbocycles. The lowest BCUT2D eigenvalue weighted by atomic mass is 9.78. The van der Waals surface area contributed by atoms with E-state index in [1.165, 1.54) is 23.1 Å². The first kappa shape index (κ1) is 20.3. The molecule has 2 heterocycles. The molecule has 2 aliphatic rings. The fourth-order valence-corrected chi connectivity index (χ4v) is 5.18. The van der Waals surface area contributed by atoms with Crippen LogP contribution in [0.3, 0.4) is 0 Å². The van der Waals surface area contributed by atoms with Crippen molar-refractivity contribution in [2.75, 3.05) is 4.90 Å². The number of nitrogens with zero attached hydrogens (tertiary/aromatic N) is 3. The Morgan fingerprint density at radius 1 is 1.33 bits per heavy atom. The summed E-state index contributed by atoms with van der Waals surface area (Å²) in [6.45, 7) is 0. The Bertz CT molecular complexity index is 1200. The van der Waals surface area contributed by atoms with E-state index in [2.05, 4.69) is 22.0 Å². The van der Waals surface area contributed by atoms with Crippen LogP contribution >= 0.6 is 27.3 Å². The van der Waals surface area contributed by atoms with E-state index in [1.54, 1.807) is 12.1 Å². The van der Waals surface area contributed by atoms with Crippen LogP contribution in [0.1, 0.15) is 30.1 Å². The Morgan fingerprint density at radius 3 is 2.73 bits per heavy atom. The third-order valence-electron chi connectivity index (χ3n) is 5.14. The first-order valence-electron chi connectivity index (χ1n) is 8.98. The standard InChI is InChI=1S/C20H14BrFN4O3S/c21-10-4-5-13(12(22)8-10)25-14-2-1-3-15(27)19(14)18(11(9-23)20(25)24)16-6-7-17(30-16)26(28)29/h4-8,18H,1-3,24H2/t18-/m0/s1. The van der Waals surface area contributed by atoms with Crippen LogP contribution < -0.4 is 10.6 Å². The molecule has 1 aromatic carbocycles. The van der Waals surface area contributed by atoms with Crippen LogP contribution in [-0.4, -0.2) is 10.7 Å². The Kier molecular flexibility index (Phi) is 5.17. The third kappa shape index (κ3) is 3.20. The molecule has 0 bridgehead atoms. The summed E-state index contributed by atoms with van der Waals surface area (Å²) in [6.07, 6.45) is 1.33. The fraction of sp³-hybridized carbons (Fsp3) is 0.200. The number of thiophene rings is 1. The molecule has 2 aromatic rings. The van der Waals surface area contributed by atoms with Gasteiger partial charge in [-0.3, -0.25) is 19.8 Å². The Balaban J connectivity index is 1.96. The minimum Gasteiger partial charge on any atom is -0.384 e. The van der Waals surface area contributed by atoms with E-state index in [0.717, 1.165) is 11.3 Å².